The third-order valence-electron chi connectivity index (χ3n) is 4.31. The van der Waals surface area contributed by atoms with Crippen LogP contribution in [0.25, 0.3) is 11.4 Å². The van der Waals surface area contributed by atoms with Crippen molar-refractivity contribution in [3.63, 3.8) is 0 Å². The fourth-order valence-corrected chi connectivity index (χ4v) is 3.15. The second-order valence-corrected chi connectivity index (χ2v) is 6.46. The number of aryl methyl sites for hydroxylation is 2. The van der Waals surface area contributed by atoms with Gasteiger partial charge in [0.15, 0.2) is 0 Å². The van der Waals surface area contributed by atoms with Gasteiger partial charge in [0.25, 0.3) is 0 Å². The molecular weight excluding hydrogens is 352 g/mol. The van der Waals surface area contributed by atoms with E-state index in [2.05, 4.69) is 10.2 Å². The Labute approximate surface area is 162 Å². The van der Waals surface area contributed by atoms with Crippen molar-refractivity contribution >= 4 is 17.7 Å². The van der Waals surface area contributed by atoms with Crippen molar-refractivity contribution in [3.8, 4) is 11.4 Å². The molecule has 2 aromatic heterocycles. The molecule has 0 atom stereocenters. The lowest BCUT2D eigenvalue weighted by molar-refractivity contribution is 0.255. The molecule has 4 rings (SSSR count). The van der Waals surface area contributed by atoms with Crippen molar-refractivity contribution in [2.24, 2.45) is 5.73 Å². The first-order chi connectivity index (χ1) is 13.5. The van der Waals surface area contributed by atoms with Crippen molar-refractivity contribution in [3.05, 3.63) is 84.2 Å². The van der Waals surface area contributed by atoms with E-state index in [0.717, 1.165) is 22.8 Å². The number of aromatic nitrogens is 4. The van der Waals surface area contributed by atoms with Crippen LogP contribution in [0.3, 0.4) is 0 Å². The van der Waals surface area contributed by atoms with E-state index in [1.54, 1.807) is 9.36 Å². The van der Waals surface area contributed by atoms with Crippen molar-refractivity contribution in [1.29, 1.82) is 0 Å². The van der Waals surface area contributed by atoms with Gasteiger partial charge in [0.1, 0.15) is 11.6 Å². The van der Waals surface area contributed by atoms with E-state index < -0.39 is 6.03 Å². The number of para-hydroxylation sites is 2. The quantitative estimate of drug-likeness (QED) is 0.590. The van der Waals surface area contributed by atoms with Crippen LogP contribution >= 0.6 is 0 Å². The molecule has 7 heteroatoms. The maximum atomic E-state index is 12.6. The maximum Gasteiger partial charge on any atom is 0.326 e. The normalized spacial score (nSPS) is 10.8. The number of nitrogens with two attached hydrogens (primary N) is 1. The number of carbonyl (C=O) groups excluding carboxylic acids is 1. The molecule has 28 heavy (non-hydrogen) atoms. The molecule has 0 radical (unpaired) electrons. The SMILES string of the molecule is Cc1cc(N(C(N)=O)c2cc(C)nn2-c2ccccc2)n(-c2ccccc2)n1. The minimum absolute atomic E-state index is 0.549. The van der Waals surface area contributed by atoms with Gasteiger partial charge < -0.3 is 5.73 Å². The minimum Gasteiger partial charge on any atom is -0.351 e. The Morgan fingerprint density at radius 2 is 1.18 bits per heavy atom. The van der Waals surface area contributed by atoms with Crippen LogP contribution in [0.5, 0.6) is 0 Å². The van der Waals surface area contributed by atoms with Crippen molar-refractivity contribution in [2.45, 2.75) is 13.8 Å². The van der Waals surface area contributed by atoms with E-state index in [1.807, 2.05) is 86.6 Å². The van der Waals surface area contributed by atoms with Gasteiger partial charge in [0.05, 0.1) is 22.8 Å². The van der Waals surface area contributed by atoms with Gasteiger partial charge in [-0.3, -0.25) is 0 Å². The first kappa shape index (κ1) is 17.5. The Bertz CT molecular complexity index is 1030. The summed E-state index contributed by atoms with van der Waals surface area (Å²) >= 11 is 0. The Kier molecular flexibility index (Phi) is 4.41. The average Bonchev–Trinajstić information content (AvgIpc) is 3.26. The van der Waals surface area contributed by atoms with Gasteiger partial charge in [-0.2, -0.15) is 10.2 Å². The molecule has 0 spiro atoms. The van der Waals surface area contributed by atoms with Gasteiger partial charge in [-0.25, -0.2) is 19.1 Å². The van der Waals surface area contributed by atoms with Crippen LogP contribution in [0.4, 0.5) is 16.4 Å². The fourth-order valence-electron chi connectivity index (χ4n) is 3.15. The molecule has 0 saturated heterocycles. The van der Waals surface area contributed by atoms with Gasteiger partial charge in [-0.1, -0.05) is 36.4 Å². The van der Waals surface area contributed by atoms with E-state index in [4.69, 9.17) is 5.73 Å². The molecular formula is C21H20N6O. The van der Waals surface area contributed by atoms with E-state index in [9.17, 15) is 4.79 Å². The number of hydrogen-bond acceptors (Lipinski definition) is 3. The smallest absolute Gasteiger partial charge is 0.326 e. The predicted molar refractivity (Wildman–Crippen MR) is 108 cm³/mol. The molecule has 2 aromatic carbocycles. The summed E-state index contributed by atoms with van der Waals surface area (Å²) in [5.74, 6) is 1.10. The van der Waals surface area contributed by atoms with Crippen LogP contribution in [-0.2, 0) is 0 Å². The number of nitrogens with zero attached hydrogens (tertiary/aromatic N) is 5. The number of urea groups is 1. The van der Waals surface area contributed by atoms with Crippen molar-refractivity contribution < 1.29 is 4.79 Å². The molecule has 2 N–H and O–H groups in total. The highest BCUT2D eigenvalue weighted by molar-refractivity contribution is 5.97. The highest BCUT2D eigenvalue weighted by Gasteiger charge is 2.25. The number of rotatable bonds is 4. The molecule has 0 bridgehead atoms. The predicted octanol–water partition coefficient (Wildman–Crippen LogP) is 3.89. The van der Waals surface area contributed by atoms with Crippen molar-refractivity contribution in [1.82, 2.24) is 19.6 Å². The number of amides is 2. The minimum atomic E-state index is -0.617. The summed E-state index contributed by atoms with van der Waals surface area (Å²) in [6.07, 6.45) is 0. The van der Waals surface area contributed by atoms with Crippen LogP contribution in [0.1, 0.15) is 11.4 Å². The lowest BCUT2D eigenvalue weighted by Crippen LogP contribution is -2.34. The second-order valence-electron chi connectivity index (χ2n) is 6.46. The number of carbonyl (C=O) groups is 1. The van der Waals surface area contributed by atoms with Crippen molar-refractivity contribution in [2.75, 3.05) is 4.90 Å². The Hall–Kier alpha value is -3.87. The number of anilines is 2. The summed E-state index contributed by atoms with van der Waals surface area (Å²) < 4.78 is 3.41. The van der Waals surface area contributed by atoms with E-state index in [-0.39, 0.29) is 0 Å². The molecule has 0 aliphatic carbocycles. The molecule has 0 unspecified atom stereocenters. The summed E-state index contributed by atoms with van der Waals surface area (Å²) in [6, 6.07) is 22.3. The lowest BCUT2D eigenvalue weighted by Gasteiger charge is -2.22. The molecule has 0 saturated carbocycles. The highest BCUT2D eigenvalue weighted by atomic mass is 16.2. The van der Waals surface area contributed by atoms with E-state index >= 15 is 0 Å². The summed E-state index contributed by atoms with van der Waals surface area (Å²) in [4.78, 5) is 14.0. The summed E-state index contributed by atoms with van der Waals surface area (Å²) in [6.45, 7) is 3.75. The van der Waals surface area contributed by atoms with Gasteiger partial charge in [-0.15, -0.1) is 0 Å². The van der Waals surface area contributed by atoms with Gasteiger partial charge in [-0.05, 0) is 38.1 Å². The highest BCUT2D eigenvalue weighted by Crippen LogP contribution is 2.30. The average molecular weight is 372 g/mol. The molecule has 7 nitrogen and oxygen atoms in total. The second kappa shape index (κ2) is 7.03. The van der Waals surface area contributed by atoms with E-state index in [1.165, 1.54) is 4.90 Å². The number of primary amides is 1. The first-order valence-corrected chi connectivity index (χ1v) is 8.88. The molecule has 140 valence electrons. The Balaban J connectivity index is 1.91. The van der Waals surface area contributed by atoms with Gasteiger partial charge >= 0.3 is 6.03 Å². The molecule has 0 fully saturated rings. The molecule has 4 aromatic rings. The monoisotopic (exact) mass is 372 g/mol. The third kappa shape index (κ3) is 3.14. The molecule has 2 amide bonds. The topological polar surface area (TPSA) is 82.0 Å². The summed E-state index contributed by atoms with van der Waals surface area (Å²) in [5, 5.41) is 9.11. The first-order valence-electron chi connectivity index (χ1n) is 8.88. The third-order valence-corrected chi connectivity index (χ3v) is 4.31. The van der Waals surface area contributed by atoms with Crippen LogP contribution in [-0.4, -0.2) is 25.6 Å². The van der Waals surface area contributed by atoms with Crippen LogP contribution in [0.15, 0.2) is 72.8 Å². The fraction of sp³-hybridized carbons (Fsp3) is 0.0952. The summed E-state index contributed by atoms with van der Waals surface area (Å²) in [7, 11) is 0. The molecule has 0 aliphatic heterocycles. The zero-order valence-corrected chi connectivity index (χ0v) is 15.6. The number of benzene rings is 2. The molecule has 0 aliphatic rings. The van der Waals surface area contributed by atoms with Crippen LogP contribution in [0, 0.1) is 13.8 Å². The summed E-state index contributed by atoms with van der Waals surface area (Å²) in [5.41, 5.74) is 9.03. The van der Waals surface area contributed by atoms with Crippen LogP contribution in [0.2, 0.25) is 0 Å². The standard InChI is InChI=1S/C21H20N6O/c1-15-13-19(26(23-15)17-9-5-3-6-10-17)25(21(22)28)20-14-16(2)24-27(20)18-11-7-4-8-12-18/h3-14H,1-2H3,(H2,22,28). The number of hydrogen-bond donors (Lipinski definition) is 1. The Morgan fingerprint density at radius 3 is 1.54 bits per heavy atom. The maximum absolute atomic E-state index is 12.6. The zero-order valence-electron chi connectivity index (χ0n) is 15.6. The van der Waals surface area contributed by atoms with Gasteiger partial charge in [0, 0.05) is 12.1 Å². The largest absolute Gasteiger partial charge is 0.351 e. The lowest BCUT2D eigenvalue weighted by atomic mass is 10.3. The molecule has 2 heterocycles. The van der Waals surface area contributed by atoms with E-state index in [0.29, 0.717) is 11.6 Å². The van der Waals surface area contributed by atoms with Gasteiger partial charge in [0.2, 0.25) is 0 Å². The zero-order chi connectivity index (χ0) is 19.7. The van der Waals surface area contributed by atoms with Crippen LogP contribution < -0.4 is 10.6 Å². The Morgan fingerprint density at radius 1 is 0.786 bits per heavy atom.